The summed E-state index contributed by atoms with van der Waals surface area (Å²) in [6.45, 7) is 4.12. The number of halogens is 3. The van der Waals surface area contributed by atoms with E-state index in [0.29, 0.717) is 5.88 Å². The molecule has 4 heteroatoms. The zero-order valence-corrected chi connectivity index (χ0v) is 11.4. The fraction of sp³-hybridized carbons (Fsp3) is 0.400. The van der Waals surface area contributed by atoms with Crippen molar-refractivity contribution in [1.82, 2.24) is 0 Å². The van der Waals surface area contributed by atoms with Crippen molar-refractivity contribution in [2.75, 3.05) is 0 Å². The summed E-state index contributed by atoms with van der Waals surface area (Å²) >= 11 is 18.0. The van der Waals surface area contributed by atoms with Crippen LogP contribution in [-0.2, 0) is 10.9 Å². The second-order valence-electron chi connectivity index (χ2n) is 3.68. The molecule has 14 heavy (non-hydrogen) atoms. The lowest BCUT2D eigenvalue weighted by Gasteiger charge is -2.26. The van der Waals surface area contributed by atoms with Crippen molar-refractivity contribution in [1.29, 1.82) is 0 Å². The quantitative estimate of drug-likeness (QED) is 0.437. The van der Waals surface area contributed by atoms with Crippen molar-refractivity contribution < 1.29 is 0 Å². The summed E-state index contributed by atoms with van der Waals surface area (Å²) in [6, 6.07) is 8.04. The number of rotatable bonds is 3. The molecular weight excluding hydrogens is 255 g/mol. The third-order valence-corrected chi connectivity index (χ3v) is 6.64. The first-order chi connectivity index (χ1) is 6.50. The van der Waals surface area contributed by atoms with Crippen LogP contribution in [0.25, 0.3) is 0 Å². The van der Waals surface area contributed by atoms with Gasteiger partial charge >= 0.3 is 0 Å². The Morgan fingerprint density at radius 1 is 1.21 bits per heavy atom. The molecule has 0 unspecified atom stereocenters. The van der Waals surface area contributed by atoms with Crippen LogP contribution in [0.1, 0.15) is 25.0 Å². The van der Waals surface area contributed by atoms with E-state index in [2.05, 4.69) is 13.8 Å². The first kappa shape index (κ1) is 12.4. The number of hydrogen-bond acceptors (Lipinski definition) is 0. The van der Waals surface area contributed by atoms with Crippen LogP contribution in [0.2, 0.25) is 0 Å². The Hall–Kier alpha value is 0.307. The first-order valence-corrected chi connectivity index (χ1v) is 8.38. The van der Waals surface area contributed by atoms with Crippen molar-refractivity contribution in [3.05, 3.63) is 35.4 Å². The van der Waals surface area contributed by atoms with Gasteiger partial charge in [0, 0.05) is 10.9 Å². The molecule has 0 N–H and O–H groups in total. The fourth-order valence-corrected chi connectivity index (χ4v) is 2.64. The van der Waals surface area contributed by atoms with E-state index in [1.165, 1.54) is 0 Å². The zero-order chi connectivity index (χ0) is 10.8. The molecule has 0 heterocycles. The summed E-state index contributed by atoms with van der Waals surface area (Å²) in [7, 11) is -1.41. The van der Waals surface area contributed by atoms with E-state index >= 15 is 0 Å². The van der Waals surface area contributed by atoms with Crippen LogP contribution in [-0.4, -0.2) is 7.42 Å². The molecule has 0 aliphatic heterocycles. The minimum atomic E-state index is -1.41. The molecule has 0 fully saturated rings. The standard InChI is InChI=1S/C10H12Cl3Si/c1-10(2,14(12)13)9-6-4-3-5-8(9)7-11/h3-6H,7H2,1-2H3. The Kier molecular flexibility index (Phi) is 4.32. The van der Waals surface area contributed by atoms with Crippen LogP contribution < -0.4 is 0 Å². The van der Waals surface area contributed by atoms with Gasteiger partial charge in [-0.1, -0.05) is 38.1 Å². The van der Waals surface area contributed by atoms with Crippen LogP contribution in [0.4, 0.5) is 0 Å². The van der Waals surface area contributed by atoms with Crippen molar-refractivity contribution in [2.24, 2.45) is 0 Å². The molecule has 0 amide bonds. The molecule has 0 saturated heterocycles. The molecule has 1 aromatic carbocycles. The van der Waals surface area contributed by atoms with E-state index in [9.17, 15) is 0 Å². The Morgan fingerprint density at radius 3 is 2.29 bits per heavy atom. The summed E-state index contributed by atoms with van der Waals surface area (Å²) in [5, 5.41) is -0.167. The Balaban J connectivity index is 3.17. The molecule has 0 atom stereocenters. The maximum atomic E-state index is 6.06. The molecule has 0 aromatic heterocycles. The monoisotopic (exact) mass is 265 g/mol. The van der Waals surface area contributed by atoms with Gasteiger partial charge in [-0.3, -0.25) is 0 Å². The predicted molar refractivity (Wildman–Crippen MR) is 66.5 cm³/mol. The molecule has 0 aliphatic carbocycles. The molecule has 0 bridgehead atoms. The second kappa shape index (κ2) is 4.89. The van der Waals surface area contributed by atoms with Crippen LogP contribution >= 0.6 is 33.8 Å². The summed E-state index contributed by atoms with van der Waals surface area (Å²) in [5.74, 6) is 0.503. The minimum Gasteiger partial charge on any atom is -0.146 e. The number of hydrogen-bond donors (Lipinski definition) is 0. The van der Waals surface area contributed by atoms with Crippen LogP contribution in [0.5, 0.6) is 0 Å². The second-order valence-corrected chi connectivity index (χ2v) is 8.56. The largest absolute Gasteiger partial charge is 0.284 e. The maximum absolute atomic E-state index is 6.06. The van der Waals surface area contributed by atoms with Gasteiger partial charge in [0.1, 0.15) is 0 Å². The Bertz CT molecular complexity index is 310. The van der Waals surface area contributed by atoms with Gasteiger partial charge in [0.2, 0.25) is 0 Å². The lowest BCUT2D eigenvalue weighted by molar-refractivity contribution is 0.747. The van der Waals surface area contributed by atoms with E-state index < -0.39 is 7.42 Å². The highest BCUT2D eigenvalue weighted by Gasteiger charge is 2.32. The smallest absolute Gasteiger partial charge is 0.146 e. The fourth-order valence-electron chi connectivity index (χ4n) is 1.35. The van der Waals surface area contributed by atoms with Crippen molar-refractivity contribution in [2.45, 2.75) is 24.8 Å². The summed E-state index contributed by atoms with van der Waals surface area (Å²) < 4.78 is 0. The van der Waals surface area contributed by atoms with Gasteiger partial charge in [0.15, 0.2) is 0 Å². The van der Waals surface area contributed by atoms with Crippen LogP contribution in [0, 0.1) is 0 Å². The lowest BCUT2D eigenvalue weighted by atomic mass is 9.97. The normalized spacial score (nSPS) is 12.1. The SMILES string of the molecule is CC(C)(c1ccccc1CCl)[Si](Cl)Cl. The van der Waals surface area contributed by atoms with E-state index in [4.69, 9.17) is 33.8 Å². The molecule has 0 spiro atoms. The van der Waals surface area contributed by atoms with Crippen LogP contribution in [0.3, 0.4) is 0 Å². The molecule has 1 aromatic rings. The minimum absolute atomic E-state index is 0.167. The van der Waals surface area contributed by atoms with Crippen molar-refractivity contribution in [3.63, 3.8) is 0 Å². The number of benzene rings is 1. The van der Waals surface area contributed by atoms with Gasteiger partial charge < -0.3 is 0 Å². The van der Waals surface area contributed by atoms with E-state index in [1.807, 2.05) is 24.3 Å². The van der Waals surface area contributed by atoms with Crippen molar-refractivity contribution >= 4 is 41.2 Å². The molecule has 0 saturated carbocycles. The topological polar surface area (TPSA) is 0 Å². The average molecular weight is 267 g/mol. The summed E-state index contributed by atoms with van der Waals surface area (Å²) in [5.41, 5.74) is 2.27. The average Bonchev–Trinajstić information content (AvgIpc) is 2.17. The molecule has 1 rings (SSSR count). The highest BCUT2D eigenvalue weighted by atomic mass is 35.7. The predicted octanol–water partition coefficient (Wildman–Crippen LogP) is 4.21. The molecule has 1 radical (unpaired) electrons. The molecule has 0 nitrogen and oxygen atoms in total. The maximum Gasteiger partial charge on any atom is 0.284 e. The van der Waals surface area contributed by atoms with Crippen molar-refractivity contribution in [3.8, 4) is 0 Å². The van der Waals surface area contributed by atoms with E-state index in [0.717, 1.165) is 11.1 Å². The molecular formula is C10H12Cl3Si. The molecule has 0 aliphatic rings. The summed E-state index contributed by atoms with van der Waals surface area (Å²) in [6.07, 6.45) is 0. The van der Waals surface area contributed by atoms with E-state index in [1.54, 1.807) is 0 Å². The summed E-state index contributed by atoms with van der Waals surface area (Å²) in [4.78, 5) is 0. The zero-order valence-electron chi connectivity index (χ0n) is 8.15. The van der Waals surface area contributed by atoms with Gasteiger partial charge in [-0.25, -0.2) is 0 Å². The first-order valence-electron chi connectivity index (χ1n) is 4.33. The van der Waals surface area contributed by atoms with Crippen LogP contribution in [0.15, 0.2) is 24.3 Å². The van der Waals surface area contributed by atoms with Gasteiger partial charge in [-0.2, -0.15) is 0 Å². The van der Waals surface area contributed by atoms with Gasteiger partial charge in [0.05, 0.1) is 0 Å². The third-order valence-electron chi connectivity index (χ3n) is 2.31. The third kappa shape index (κ3) is 2.46. The Labute approximate surface area is 101 Å². The highest BCUT2D eigenvalue weighted by Crippen LogP contribution is 2.32. The highest BCUT2D eigenvalue weighted by molar-refractivity contribution is 7.34. The number of alkyl halides is 1. The lowest BCUT2D eigenvalue weighted by Crippen LogP contribution is -2.30. The Morgan fingerprint density at radius 2 is 1.79 bits per heavy atom. The van der Waals surface area contributed by atoms with Gasteiger partial charge in [-0.05, 0) is 11.1 Å². The van der Waals surface area contributed by atoms with Gasteiger partial charge in [-0.15, -0.1) is 33.8 Å². The van der Waals surface area contributed by atoms with E-state index in [-0.39, 0.29) is 5.04 Å². The van der Waals surface area contributed by atoms with Gasteiger partial charge in [0.25, 0.3) is 7.42 Å². The molecule has 77 valence electrons.